The van der Waals surface area contributed by atoms with Crippen molar-refractivity contribution in [3.8, 4) is 0 Å². The molecule has 0 bridgehead atoms. The zero-order chi connectivity index (χ0) is 15.0. The lowest BCUT2D eigenvalue weighted by atomic mass is 10.2. The molecule has 1 aromatic heterocycles. The number of rotatable bonds is 3. The Hall–Kier alpha value is -1.73. The van der Waals surface area contributed by atoms with Crippen LogP contribution >= 0.6 is 0 Å². The first kappa shape index (κ1) is 14.2. The highest BCUT2D eigenvalue weighted by Gasteiger charge is 2.38. The zero-order valence-electron chi connectivity index (χ0n) is 11.6. The van der Waals surface area contributed by atoms with Crippen molar-refractivity contribution >= 4 is 10.0 Å². The Morgan fingerprint density at radius 2 is 2.14 bits per heavy atom. The average molecular weight is 309 g/mol. The highest BCUT2D eigenvalue weighted by atomic mass is 32.2. The predicted molar refractivity (Wildman–Crippen MR) is 75.6 cm³/mol. The Kier molecular flexibility index (Phi) is 3.54. The van der Waals surface area contributed by atoms with Gasteiger partial charge in [0.15, 0.2) is 0 Å². The van der Waals surface area contributed by atoms with E-state index in [0.717, 1.165) is 18.2 Å². The molecule has 1 aromatic carbocycles. The van der Waals surface area contributed by atoms with E-state index in [1.54, 1.807) is 6.20 Å². The number of nitrogens with one attached hydrogen (secondary N) is 1. The SMILES string of the molecule is Cc1cnc(C2CCCN2S(=O)(=O)c2ccccc2F)[nH]1. The van der Waals surface area contributed by atoms with Crippen molar-refractivity contribution in [3.05, 3.63) is 47.8 Å². The van der Waals surface area contributed by atoms with Gasteiger partial charge in [0.25, 0.3) is 0 Å². The summed E-state index contributed by atoms with van der Waals surface area (Å²) in [5.41, 5.74) is 0.875. The molecule has 1 N–H and O–H groups in total. The number of aromatic nitrogens is 2. The summed E-state index contributed by atoms with van der Waals surface area (Å²) in [4.78, 5) is 7.02. The Morgan fingerprint density at radius 3 is 2.81 bits per heavy atom. The first-order valence-electron chi connectivity index (χ1n) is 6.78. The molecule has 3 rings (SSSR count). The second kappa shape index (κ2) is 5.23. The number of aromatic amines is 1. The summed E-state index contributed by atoms with van der Waals surface area (Å²) in [6.07, 6.45) is 3.08. The first-order chi connectivity index (χ1) is 10.00. The van der Waals surface area contributed by atoms with E-state index in [4.69, 9.17) is 0 Å². The molecule has 0 amide bonds. The molecule has 0 aliphatic carbocycles. The monoisotopic (exact) mass is 309 g/mol. The summed E-state index contributed by atoms with van der Waals surface area (Å²) < 4.78 is 40.6. The van der Waals surface area contributed by atoms with Crippen molar-refractivity contribution in [1.29, 1.82) is 0 Å². The van der Waals surface area contributed by atoms with Gasteiger partial charge >= 0.3 is 0 Å². The van der Waals surface area contributed by atoms with Crippen LogP contribution < -0.4 is 0 Å². The van der Waals surface area contributed by atoms with E-state index in [2.05, 4.69) is 9.97 Å². The van der Waals surface area contributed by atoms with E-state index in [0.29, 0.717) is 18.8 Å². The van der Waals surface area contributed by atoms with Gasteiger partial charge in [-0.3, -0.25) is 0 Å². The Labute approximate surface area is 122 Å². The van der Waals surface area contributed by atoms with Crippen molar-refractivity contribution < 1.29 is 12.8 Å². The fourth-order valence-corrected chi connectivity index (χ4v) is 4.41. The summed E-state index contributed by atoms with van der Waals surface area (Å²) >= 11 is 0. The summed E-state index contributed by atoms with van der Waals surface area (Å²) in [7, 11) is -3.86. The highest BCUT2D eigenvalue weighted by Crippen LogP contribution is 2.35. The van der Waals surface area contributed by atoms with Gasteiger partial charge < -0.3 is 4.98 Å². The fraction of sp³-hybridized carbons (Fsp3) is 0.357. The molecule has 0 saturated carbocycles. The third-order valence-electron chi connectivity index (χ3n) is 3.67. The molecule has 1 aliphatic heterocycles. The van der Waals surface area contributed by atoms with Gasteiger partial charge in [-0.1, -0.05) is 12.1 Å². The normalized spacial score (nSPS) is 20.0. The minimum Gasteiger partial charge on any atom is -0.345 e. The van der Waals surface area contributed by atoms with Crippen molar-refractivity contribution in [2.75, 3.05) is 6.54 Å². The molecular weight excluding hydrogens is 293 g/mol. The molecule has 0 radical (unpaired) electrons. The van der Waals surface area contributed by atoms with Crippen LogP contribution in [0.3, 0.4) is 0 Å². The van der Waals surface area contributed by atoms with Crippen LogP contribution in [0, 0.1) is 12.7 Å². The van der Waals surface area contributed by atoms with Crippen LogP contribution in [0.4, 0.5) is 4.39 Å². The van der Waals surface area contributed by atoms with Crippen molar-refractivity contribution in [3.63, 3.8) is 0 Å². The largest absolute Gasteiger partial charge is 0.345 e. The van der Waals surface area contributed by atoms with Gasteiger partial charge in [0.2, 0.25) is 10.0 Å². The van der Waals surface area contributed by atoms with Gasteiger partial charge in [-0.05, 0) is 31.9 Å². The topological polar surface area (TPSA) is 66.1 Å². The van der Waals surface area contributed by atoms with Crippen LogP contribution in [0.5, 0.6) is 0 Å². The van der Waals surface area contributed by atoms with Gasteiger partial charge in [0.05, 0.1) is 6.04 Å². The maximum atomic E-state index is 13.8. The van der Waals surface area contributed by atoms with E-state index < -0.39 is 15.8 Å². The van der Waals surface area contributed by atoms with Crippen molar-refractivity contribution in [1.82, 2.24) is 14.3 Å². The number of aryl methyl sites for hydroxylation is 1. The van der Waals surface area contributed by atoms with Crippen LogP contribution in [0.15, 0.2) is 35.4 Å². The number of H-pyrrole nitrogens is 1. The molecule has 21 heavy (non-hydrogen) atoms. The number of sulfonamides is 1. The molecule has 2 aromatic rings. The molecular formula is C14H16FN3O2S. The quantitative estimate of drug-likeness (QED) is 0.946. The summed E-state index contributed by atoms with van der Waals surface area (Å²) in [5.74, 6) is -0.108. The Bertz CT molecular complexity index is 757. The number of imidazole rings is 1. The predicted octanol–water partition coefficient (Wildman–Crippen LogP) is 2.38. The van der Waals surface area contributed by atoms with Crippen LogP contribution in [-0.2, 0) is 10.0 Å². The molecule has 2 heterocycles. The molecule has 1 unspecified atom stereocenters. The highest BCUT2D eigenvalue weighted by molar-refractivity contribution is 7.89. The van der Waals surface area contributed by atoms with Gasteiger partial charge in [-0.15, -0.1) is 0 Å². The molecule has 7 heteroatoms. The fourth-order valence-electron chi connectivity index (χ4n) is 2.68. The molecule has 1 saturated heterocycles. The van der Waals surface area contributed by atoms with Gasteiger partial charge in [-0.2, -0.15) is 4.31 Å². The van der Waals surface area contributed by atoms with E-state index in [9.17, 15) is 12.8 Å². The van der Waals surface area contributed by atoms with Crippen molar-refractivity contribution in [2.24, 2.45) is 0 Å². The van der Waals surface area contributed by atoms with E-state index in [-0.39, 0.29) is 10.9 Å². The summed E-state index contributed by atoms with van der Waals surface area (Å²) in [6, 6.07) is 5.11. The molecule has 112 valence electrons. The lowest BCUT2D eigenvalue weighted by Gasteiger charge is -2.22. The van der Waals surface area contributed by atoms with Crippen LogP contribution in [0.25, 0.3) is 0 Å². The number of hydrogen-bond donors (Lipinski definition) is 1. The maximum Gasteiger partial charge on any atom is 0.246 e. The molecule has 5 nitrogen and oxygen atoms in total. The lowest BCUT2D eigenvalue weighted by Crippen LogP contribution is -2.31. The Balaban J connectivity index is 2.00. The second-order valence-corrected chi connectivity index (χ2v) is 7.01. The minimum absolute atomic E-state index is 0.278. The smallest absolute Gasteiger partial charge is 0.246 e. The van der Waals surface area contributed by atoms with E-state index in [1.807, 2.05) is 6.92 Å². The van der Waals surface area contributed by atoms with Crippen LogP contribution in [-0.4, -0.2) is 29.2 Å². The third-order valence-corrected chi connectivity index (χ3v) is 5.61. The number of nitrogens with zero attached hydrogens (tertiary/aromatic N) is 2. The zero-order valence-corrected chi connectivity index (χ0v) is 12.4. The maximum absolute atomic E-state index is 13.8. The van der Waals surface area contributed by atoms with Crippen molar-refractivity contribution in [2.45, 2.75) is 30.7 Å². The van der Waals surface area contributed by atoms with E-state index >= 15 is 0 Å². The third kappa shape index (κ3) is 2.47. The Morgan fingerprint density at radius 1 is 1.38 bits per heavy atom. The van der Waals surface area contributed by atoms with Gasteiger partial charge in [0, 0.05) is 18.4 Å². The summed E-state index contributed by atoms with van der Waals surface area (Å²) in [6.45, 7) is 2.24. The molecule has 1 fully saturated rings. The molecule has 1 atom stereocenters. The molecule has 0 spiro atoms. The standard InChI is InChI=1S/C14H16FN3O2S/c1-10-9-16-14(17-10)12-6-4-8-18(12)21(19,20)13-7-3-2-5-11(13)15/h2-3,5,7,9,12H,4,6,8H2,1H3,(H,16,17). The molecule has 1 aliphatic rings. The lowest BCUT2D eigenvalue weighted by molar-refractivity contribution is 0.382. The number of halogens is 1. The first-order valence-corrected chi connectivity index (χ1v) is 8.22. The van der Waals surface area contributed by atoms with E-state index in [1.165, 1.54) is 22.5 Å². The van der Waals surface area contributed by atoms with Gasteiger partial charge in [0.1, 0.15) is 16.5 Å². The summed E-state index contributed by atoms with van der Waals surface area (Å²) in [5, 5.41) is 0. The van der Waals surface area contributed by atoms with Crippen LogP contribution in [0.2, 0.25) is 0 Å². The average Bonchev–Trinajstić information content (AvgIpc) is 3.07. The second-order valence-electron chi connectivity index (χ2n) is 5.16. The number of hydrogen-bond acceptors (Lipinski definition) is 3. The van der Waals surface area contributed by atoms with Gasteiger partial charge in [-0.25, -0.2) is 17.8 Å². The van der Waals surface area contributed by atoms with Crippen LogP contribution in [0.1, 0.15) is 30.4 Å². The number of benzene rings is 1. The minimum atomic E-state index is -3.86.